The molecule has 4 nitrogen and oxygen atoms in total. The second-order valence-corrected chi connectivity index (χ2v) is 4.42. The number of rotatable bonds is 5. The summed E-state index contributed by atoms with van der Waals surface area (Å²) in [4.78, 5) is 15.0. The molecular formula is C12H14F3N3O. The molecule has 0 unspecified atom stereocenters. The van der Waals surface area contributed by atoms with E-state index in [4.69, 9.17) is 0 Å². The number of hydrogen-bond acceptors (Lipinski definition) is 3. The summed E-state index contributed by atoms with van der Waals surface area (Å²) in [6, 6.07) is 2.24. The minimum absolute atomic E-state index is 0.0437. The number of alkyl halides is 3. The van der Waals surface area contributed by atoms with Crippen LogP contribution in [0.15, 0.2) is 18.3 Å². The fraction of sp³-hybridized carbons (Fsp3) is 0.500. The van der Waals surface area contributed by atoms with E-state index < -0.39 is 11.7 Å². The predicted octanol–water partition coefficient (Wildman–Crippen LogP) is 2.04. The molecule has 1 heterocycles. The average Bonchev–Trinajstić information content (AvgIpc) is 3.18. The van der Waals surface area contributed by atoms with Gasteiger partial charge in [-0.25, -0.2) is 4.98 Å². The van der Waals surface area contributed by atoms with Gasteiger partial charge in [0.1, 0.15) is 5.82 Å². The smallest absolute Gasteiger partial charge is 0.368 e. The van der Waals surface area contributed by atoms with Crippen LogP contribution in [0.1, 0.15) is 18.4 Å². The zero-order valence-electron chi connectivity index (χ0n) is 10.1. The number of aromatic nitrogens is 1. The summed E-state index contributed by atoms with van der Waals surface area (Å²) in [5, 5.41) is 5.59. The highest BCUT2D eigenvalue weighted by molar-refractivity contribution is 5.80. The van der Waals surface area contributed by atoms with Crippen molar-refractivity contribution < 1.29 is 18.0 Å². The molecule has 1 aliphatic carbocycles. The maximum Gasteiger partial charge on any atom is 0.417 e. The molecule has 2 N–H and O–H groups in total. The Morgan fingerprint density at radius 3 is 2.58 bits per heavy atom. The molecule has 7 heteroatoms. The first-order valence-electron chi connectivity index (χ1n) is 6.01. The second kappa shape index (κ2) is 5.46. The number of halogens is 3. The van der Waals surface area contributed by atoms with E-state index in [1.807, 2.05) is 0 Å². The van der Waals surface area contributed by atoms with Gasteiger partial charge in [-0.15, -0.1) is 0 Å². The average molecular weight is 273 g/mol. The van der Waals surface area contributed by atoms with E-state index in [0.717, 1.165) is 25.1 Å². The van der Waals surface area contributed by atoms with Crippen LogP contribution in [0.3, 0.4) is 0 Å². The van der Waals surface area contributed by atoms with Crippen molar-refractivity contribution in [3.05, 3.63) is 23.9 Å². The van der Waals surface area contributed by atoms with Gasteiger partial charge >= 0.3 is 6.18 Å². The van der Waals surface area contributed by atoms with E-state index in [9.17, 15) is 18.0 Å². The van der Waals surface area contributed by atoms with Gasteiger partial charge in [-0.05, 0) is 25.0 Å². The summed E-state index contributed by atoms with van der Waals surface area (Å²) in [6.45, 7) is 0.856. The van der Waals surface area contributed by atoms with E-state index in [1.165, 1.54) is 6.07 Å². The van der Waals surface area contributed by atoms with Crippen LogP contribution in [0.25, 0.3) is 0 Å². The quantitative estimate of drug-likeness (QED) is 0.807. The molecule has 1 aliphatic rings. The normalized spacial score (nSPS) is 15.1. The lowest BCUT2D eigenvalue weighted by Crippen LogP contribution is -2.29. The van der Waals surface area contributed by atoms with E-state index >= 15 is 0 Å². The molecule has 0 saturated heterocycles. The summed E-state index contributed by atoms with van der Waals surface area (Å²) in [7, 11) is 0. The molecule has 1 saturated carbocycles. The molecule has 19 heavy (non-hydrogen) atoms. The molecule has 1 aromatic heterocycles. The van der Waals surface area contributed by atoms with Crippen molar-refractivity contribution in [1.82, 2.24) is 10.3 Å². The topological polar surface area (TPSA) is 54.0 Å². The van der Waals surface area contributed by atoms with Gasteiger partial charge in [0.15, 0.2) is 0 Å². The Balaban J connectivity index is 1.72. The Morgan fingerprint density at radius 1 is 1.32 bits per heavy atom. The second-order valence-electron chi connectivity index (χ2n) is 4.42. The molecule has 1 aromatic rings. The van der Waals surface area contributed by atoms with E-state index in [0.29, 0.717) is 18.9 Å². The molecule has 0 bridgehead atoms. The highest BCUT2D eigenvalue weighted by atomic mass is 19.4. The maximum atomic E-state index is 12.3. The standard InChI is InChI=1S/C12H14F3N3O/c13-12(14,15)9-3-4-10(18-7-9)16-5-6-17-11(19)8-1-2-8/h3-4,7-8H,1-2,5-6H2,(H,16,18)(H,17,19). The Labute approximate surface area is 108 Å². The van der Waals surface area contributed by atoms with Crippen molar-refractivity contribution in [3.8, 4) is 0 Å². The van der Waals surface area contributed by atoms with Crippen molar-refractivity contribution in [3.63, 3.8) is 0 Å². The van der Waals surface area contributed by atoms with Crippen LogP contribution >= 0.6 is 0 Å². The van der Waals surface area contributed by atoms with Gasteiger partial charge in [-0.2, -0.15) is 13.2 Å². The Morgan fingerprint density at radius 2 is 2.05 bits per heavy atom. The van der Waals surface area contributed by atoms with E-state index in [1.54, 1.807) is 0 Å². The van der Waals surface area contributed by atoms with Gasteiger partial charge in [0, 0.05) is 25.2 Å². The van der Waals surface area contributed by atoms with Crippen molar-refractivity contribution >= 4 is 11.7 Å². The van der Waals surface area contributed by atoms with Crippen molar-refractivity contribution in [2.45, 2.75) is 19.0 Å². The molecule has 2 rings (SSSR count). The molecule has 0 spiro atoms. The fourth-order valence-corrected chi connectivity index (χ4v) is 1.53. The van der Waals surface area contributed by atoms with Crippen LogP contribution in [0.4, 0.5) is 19.0 Å². The van der Waals surface area contributed by atoms with Crippen molar-refractivity contribution in [2.75, 3.05) is 18.4 Å². The number of carbonyl (C=O) groups excluding carboxylic acids is 1. The fourth-order valence-electron chi connectivity index (χ4n) is 1.53. The van der Waals surface area contributed by atoms with Crippen LogP contribution < -0.4 is 10.6 Å². The Kier molecular flexibility index (Phi) is 3.92. The van der Waals surface area contributed by atoms with Crippen LogP contribution in [-0.2, 0) is 11.0 Å². The van der Waals surface area contributed by atoms with Gasteiger partial charge in [0.2, 0.25) is 5.91 Å². The first-order valence-corrected chi connectivity index (χ1v) is 6.01. The Bertz CT molecular complexity index is 441. The van der Waals surface area contributed by atoms with Crippen LogP contribution in [0, 0.1) is 5.92 Å². The molecule has 0 atom stereocenters. The summed E-state index contributed by atoms with van der Waals surface area (Å²) in [6.07, 6.45) is -1.70. The van der Waals surface area contributed by atoms with Crippen LogP contribution in [0.2, 0.25) is 0 Å². The van der Waals surface area contributed by atoms with Gasteiger partial charge in [0.05, 0.1) is 5.56 Å². The first-order chi connectivity index (χ1) is 8.97. The largest absolute Gasteiger partial charge is 0.417 e. The highest BCUT2D eigenvalue weighted by Gasteiger charge is 2.30. The van der Waals surface area contributed by atoms with E-state index in [2.05, 4.69) is 15.6 Å². The van der Waals surface area contributed by atoms with Gasteiger partial charge in [0.25, 0.3) is 0 Å². The maximum absolute atomic E-state index is 12.3. The summed E-state index contributed by atoms with van der Waals surface area (Å²) in [5.74, 6) is 0.556. The van der Waals surface area contributed by atoms with Gasteiger partial charge < -0.3 is 10.6 Å². The third-order valence-electron chi connectivity index (χ3n) is 2.77. The lowest BCUT2D eigenvalue weighted by molar-refractivity contribution is -0.137. The minimum Gasteiger partial charge on any atom is -0.368 e. The van der Waals surface area contributed by atoms with E-state index in [-0.39, 0.29) is 11.8 Å². The zero-order valence-corrected chi connectivity index (χ0v) is 10.1. The number of amides is 1. The van der Waals surface area contributed by atoms with Crippen molar-refractivity contribution in [2.24, 2.45) is 5.92 Å². The van der Waals surface area contributed by atoms with Crippen LogP contribution in [-0.4, -0.2) is 24.0 Å². The van der Waals surface area contributed by atoms with Crippen molar-refractivity contribution in [1.29, 1.82) is 0 Å². The summed E-state index contributed by atoms with van der Waals surface area (Å²) < 4.78 is 36.9. The Hall–Kier alpha value is -1.79. The summed E-state index contributed by atoms with van der Waals surface area (Å²) >= 11 is 0. The summed E-state index contributed by atoms with van der Waals surface area (Å²) in [5.41, 5.74) is -0.778. The first kappa shape index (κ1) is 13.6. The predicted molar refractivity (Wildman–Crippen MR) is 63.5 cm³/mol. The molecule has 1 amide bonds. The number of carbonyl (C=O) groups is 1. The number of hydrogen-bond donors (Lipinski definition) is 2. The monoisotopic (exact) mass is 273 g/mol. The molecule has 0 radical (unpaired) electrons. The lowest BCUT2D eigenvalue weighted by Gasteiger charge is -2.09. The number of pyridine rings is 1. The third-order valence-corrected chi connectivity index (χ3v) is 2.77. The molecule has 1 fully saturated rings. The SMILES string of the molecule is O=C(NCCNc1ccc(C(F)(F)F)cn1)C1CC1. The number of nitrogens with one attached hydrogen (secondary N) is 2. The minimum atomic E-state index is -4.37. The van der Waals surface area contributed by atoms with Gasteiger partial charge in [-0.1, -0.05) is 0 Å². The molecule has 0 aromatic carbocycles. The van der Waals surface area contributed by atoms with Gasteiger partial charge in [-0.3, -0.25) is 4.79 Å². The molecule has 0 aliphatic heterocycles. The van der Waals surface area contributed by atoms with Crippen LogP contribution in [0.5, 0.6) is 0 Å². The number of nitrogens with zero attached hydrogens (tertiary/aromatic N) is 1. The zero-order chi connectivity index (χ0) is 13.9. The number of anilines is 1. The highest BCUT2D eigenvalue weighted by Crippen LogP contribution is 2.29. The lowest BCUT2D eigenvalue weighted by atomic mass is 10.3. The molecule has 104 valence electrons. The third kappa shape index (κ3) is 4.11. The molecular weight excluding hydrogens is 259 g/mol.